The summed E-state index contributed by atoms with van der Waals surface area (Å²) in [6, 6.07) is -0.929. The van der Waals surface area contributed by atoms with Gasteiger partial charge in [0, 0.05) is 6.42 Å². The zero-order chi connectivity index (χ0) is 41.8. The first-order valence-electron chi connectivity index (χ1n) is 21.7. The van der Waals surface area contributed by atoms with Crippen LogP contribution < -0.4 is 5.32 Å². The fraction of sp³-hybridized carbons (Fsp3) is 0.837. The Morgan fingerprint density at radius 1 is 0.614 bits per heavy atom. The third kappa shape index (κ3) is 19.9. The molecule has 1 amide bonds. The van der Waals surface area contributed by atoms with Gasteiger partial charge in [-0.1, -0.05) is 121 Å². The normalized spacial score (nSPS) is 29.4. The summed E-state index contributed by atoms with van der Waals surface area (Å²) in [5.41, 5.74) is 0. The van der Waals surface area contributed by atoms with Crippen molar-refractivity contribution in [2.75, 3.05) is 19.8 Å². The number of allylic oxidation sites excluding steroid dienone is 5. The predicted octanol–water partition coefficient (Wildman–Crippen LogP) is 3.59. The molecule has 57 heavy (non-hydrogen) atoms. The van der Waals surface area contributed by atoms with Gasteiger partial charge in [-0.25, -0.2) is 0 Å². The molecule has 0 saturated carbocycles. The molecule has 14 nitrogen and oxygen atoms in total. The van der Waals surface area contributed by atoms with E-state index in [9.17, 15) is 45.6 Å². The number of aliphatic hydroxyl groups is 8. The van der Waals surface area contributed by atoms with Crippen molar-refractivity contribution in [2.24, 2.45) is 0 Å². The van der Waals surface area contributed by atoms with Gasteiger partial charge in [0.1, 0.15) is 48.8 Å². The Morgan fingerprint density at radius 3 is 1.72 bits per heavy atom. The van der Waals surface area contributed by atoms with Crippen molar-refractivity contribution in [1.82, 2.24) is 5.32 Å². The Hall–Kier alpha value is -1.79. The van der Waals surface area contributed by atoms with Crippen LogP contribution in [0.15, 0.2) is 36.5 Å². The van der Waals surface area contributed by atoms with Crippen LogP contribution in [0.5, 0.6) is 0 Å². The van der Waals surface area contributed by atoms with E-state index in [1.54, 1.807) is 6.08 Å². The van der Waals surface area contributed by atoms with Crippen molar-refractivity contribution >= 4 is 5.91 Å². The number of unbranched alkanes of at least 4 members (excludes halogenated alkanes) is 14. The maximum atomic E-state index is 12.7. The van der Waals surface area contributed by atoms with E-state index in [4.69, 9.17) is 18.9 Å². The number of hydrogen-bond donors (Lipinski definition) is 9. The summed E-state index contributed by atoms with van der Waals surface area (Å²) in [6.07, 6.45) is 15.9. The van der Waals surface area contributed by atoms with Crippen LogP contribution in [0.2, 0.25) is 0 Å². The molecule has 0 aromatic heterocycles. The summed E-state index contributed by atoms with van der Waals surface area (Å²) in [5.74, 6) is -0.281. The van der Waals surface area contributed by atoms with Gasteiger partial charge in [-0.3, -0.25) is 4.79 Å². The molecule has 2 aliphatic rings. The van der Waals surface area contributed by atoms with E-state index in [1.807, 2.05) is 13.0 Å². The molecule has 0 bridgehead atoms. The summed E-state index contributed by atoms with van der Waals surface area (Å²) in [6.45, 7) is 2.54. The predicted molar refractivity (Wildman–Crippen MR) is 217 cm³/mol. The van der Waals surface area contributed by atoms with Gasteiger partial charge in [0.25, 0.3) is 0 Å². The average Bonchev–Trinajstić information content (AvgIpc) is 3.20. The van der Waals surface area contributed by atoms with Crippen LogP contribution in [-0.2, 0) is 23.7 Å². The van der Waals surface area contributed by atoms with E-state index in [1.165, 1.54) is 64.2 Å². The molecule has 12 unspecified atom stereocenters. The first-order chi connectivity index (χ1) is 27.6. The number of carbonyl (C=O) groups is 1. The summed E-state index contributed by atoms with van der Waals surface area (Å²) in [4.78, 5) is 12.7. The van der Waals surface area contributed by atoms with Crippen molar-refractivity contribution in [3.8, 4) is 0 Å². The maximum absolute atomic E-state index is 12.7. The number of rotatable bonds is 31. The maximum Gasteiger partial charge on any atom is 0.220 e. The monoisotopic (exact) mass is 816 g/mol. The number of ether oxygens (including phenoxy) is 4. The molecule has 12 atom stereocenters. The molecule has 9 N–H and O–H groups in total. The van der Waals surface area contributed by atoms with Crippen molar-refractivity contribution in [2.45, 2.75) is 209 Å². The lowest BCUT2D eigenvalue weighted by Gasteiger charge is -2.46. The standard InChI is InChI=1S/C43H77NO13/c1-3-5-7-8-9-10-11-12-13-14-15-16-17-18-19-20-21-22-23-25-26-32(47)31(44-35(48)27-24-6-4-2)30-54-42-40(53)38(51)41(34(29-46)56-42)57-43-39(52)37(50)36(49)33(28-45)55-43/h16-17,20-21,25-26,31-34,36-43,45-47,49-53H,3-15,18-19,22-24,27-30H2,1-2H3,(H,44,48)/b17-16+,21-20+,26-25+. The molecule has 2 aliphatic heterocycles. The molecule has 2 saturated heterocycles. The molecule has 0 aromatic carbocycles. The van der Waals surface area contributed by atoms with Gasteiger partial charge in [0.05, 0.1) is 32.0 Å². The van der Waals surface area contributed by atoms with Crippen molar-refractivity contribution < 1.29 is 64.6 Å². The van der Waals surface area contributed by atoms with Crippen LogP contribution in [0.1, 0.15) is 136 Å². The van der Waals surface area contributed by atoms with E-state index < -0.39 is 86.8 Å². The fourth-order valence-corrected chi connectivity index (χ4v) is 6.91. The SMILES string of the molecule is CCCCCCCCCCCC/C=C/CC/C=C/CC/C=C/C(O)C(COC1OC(CO)C(OC2OC(CO)C(O)C(O)C2O)C(O)C1O)NC(=O)CCCCC. The highest BCUT2D eigenvalue weighted by molar-refractivity contribution is 5.76. The van der Waals surface area contributed by atoms with Gasteiger partial charge in [-0.05, 0) is 44.9 Å². The molecular formula is C43H77NO13. The summed E-state index contributed by atoms with van der Waals surface area (Å²) in [5, 5.41) is 85.8. The van der Waals surface area contributed by atoms with E-state index in [-0.39, 0.29) is 18.9 Å². The first kappa shape index (κ1) is 51.4. The number of hydrogen-bond acceptors (Lipinski definition) is 13. The van der Waals surface area contributed by atoms with Gasteiger partial charge in [-0.15, -0.1) is 0 Å². The van der Waals surface area contributed by atoms with Gasteiger partial charge in [-0.2, -0.15) is 0 Å². The summed E-state index contributed by atoms with van der Waals surface area (Å²) < 4.78 is 22.4. The second kappa shape index (κ2) is 31.1. The zero-order valence-corrected chi connectivity index (χ0v) is 34.6. The Bertz CT molecular complexity index is 1100. The van der Waals surface area contributed by atoms with E-state index >= 15 is 0 Å². The van der Waals surface area contributed by atoms with Crippen LogP contribution in [0.3, 0.4) is 0 Å². The minimum atomic E-state index is -1.79. The van der Waals surface area contributed by atoms with Crippen LogP contribution in [0.25, 0.3) is 0 Å². The van der Waals surface area contributed by atoms with E-state index in [0.29, 0.717) is 12.8 Å². The van der Waals surface area contributed by atoms with E-state index in [2.05, 4.69) is 36.5 Å². The molecule has 332 valence electrons. The van der Waals surface area contributed by atoms with Crippen LogP contribution in [-0.4, -0.2) is 140 Å². The molecule has 0 aromatic rings. The van der Waals surface area contributed by atoms with Gasteiger partial charge in [0.2, 0.25) is 5.91 Å². The van der Waals surface area contributed by atoms with Crippen molar-refractivity contribution in [1.29, 1.82) is 0 Å². The Morgan fingerprint density at radius 2 is 1.12 bits per heavy atom. The number of carbonyl (C=O) groups excluding carboxylic acids is 1. The third-order valence-corrected chi connectivity index (χ3v) is 10.6. The van der Waals surface area contributed by atoms with Gasteiger partial charge >= 0.3 is 0 Å². The molecule has 0 spiro atoms. The summed E-state index contributed by atoms with van der Waals surface area (Å²) >= 11 is 0. The highest BCUT2D eigenvalue weighted by Crippen LogP contribution is 2.29. The van der Waals surface area contributed by atoms with Crippen molar-refractivity contribution in [3.05, 3.63) is 36.5 Å². The molecule has 0 radical (unpaired) electrons. The number of nitrogens with one attached hydrogen (secondary N) is 1. The smallest absolute Gasteiger partial charge is 0.220 e. The molecule has 2 fully saturated rings. The first-order valence-corrected chi connectivity index (χ1v) is 21.7. The lowest BCUT2D eigenvalue weighted by Crippen LogP contribution is -2.65. The number of aliphatic hydroxyl groups excluding tert-OH is 8. The lowest BCUT2D eigenvalue weighted by molar-refractivity contribution is -0.359. The average molecular weight is 816 g/mol. The second-order valence-electron chi connectivity index (χ2n) is 15.5. The second-order valence-corrected chi connectivity index (χ2v) is 15.5. The number of amides is 1. The van der Waals surface area contributed by atoms with Crippen molar-refractivity contribution in [3.63, 3.8) is 0 Å². The van der Waals surface area contributed by atoms with Crippen LogP contribution in [0.4, 0.5) is 0 Å². The zero-order valence-electron chi connectivity index (χ0n) is 34.6. The molecule has 2 heterocycles. The largest absolute Gasteiger partial charge is 0.394 e. The Kier molecular flexibility index (Phi) is 28.1. The van der Waals surface area contributed by atoms with Gasteiger partial charge in [0.15, 0.2) is 12.6 Å². The Balaban J connectivity index is 1.81. The van der Waals surface area contributed by atoms with Crippen LogP contribution >= 0.6 is 0 Å². The lowest BCUT2D eigenvalue weighted by atomic mass is 9.97. The third-order valence-electron chi connectivity index (χ3n) is 10.6. The van der Waals surface area contributed by atoms with E-state index in [0.717, 1.165) is 38.5 Å². The molecule has 14 heteroatoms. The highest BCUT2D eigenvalue weighted by Gasteiger charge is 2.50. The van der Waals surface area contributed by atoms with Crippen LogP contribution in [0, 0.1) is 0 Å². The minimum absolute atomic E-state index is 0.255. The molecular weight excluding hydrogens is 738 g/mol. The fourth-order valence-electron chi connectivity index (χ4n) is 6.91. The van der Waals surface area contributed by atoms with Gasteiger partial charge < -0.3 is 65.1 Å². The molecule has 2 rings (SSSR count). The Labute approximate surface area is 341 Å². The molecule has 0 aliphatic carbocycles. The highest BCUT2D eigenvalue weighted by atomic mass is 16.7. The minimum Gasteiger partial charge on any atom is -0.394 e. The topological polar surface area (TPSA) is 228 Å². The quantitative estimate of drug-likeness (QED) is 0.0361. The summed E-state index contributed by atoms with van der Waals surface area (Å²) in [7, 11) is 0.